The number of hydrogen-bond acceptors (Lipinski definition) is 3. The molecule has 1 N–H and O–H groups in total. The molecule has 0 saturated heterocycles. The van der Waals surface area contributed by atoms with Crippen LogP contribution in [0.1, 0.15) is 0 Å². The highest BCUT2D eigenvalue weighted by Crippen LogP contribution is 2.13. The number of methoxy groups -OCH3 is 1. The van der Waals surface area contributed by atoms with Gasteiger partial charge in [0.05, 0.1) is 7.11 Å². The maximum Gasteiger partial charge on any atom is 0.396 e. The van der Waals surface area contributed by atoms with Gasteiger partial charge in [0.15, 0.2) is 0 Å². The molecule has 4 nitrogen and oxygen atoms in total. The maximum atomic E-state index is 11.0. The quantitative estimate of drug-likeness (QED) is 0.614. The van der Waals surface area contributed by atoms with E-state index in [1.165, 1.54) is 0 Å². The molecule has 5 heteroatoms. The molecule has 0 bridgehead atoms. The zero-order valence-corrected chi connectivity index (χ0v) is 9.00. The van der Waals surface area contributed by atoms with Gasteiger partial charge in [-0.15, -0.1) is 0 Å². The van der Waals surface area contributed by atoms with Crippen molar-refractivity contribution in [3.63, 3.8) is 0 Å². The van der Waals surface area contributed by atoms with Gasteiger partial charge in [-0.1, -0.05) is 15.9 Å². The lowest BCUT2D eigenvalue weighted by molar-refractivity contribution is -0.150. The van der Waals surface area contributed by atoms with Crippen molar-refractivity contribution in [1.29, 1.82) is 0 Å². The fraction of sp³-hybridized carbons (Fsp3) is 0.111. The number of esters is 1. The minimum atomic E-state index is -0.909. The molecule has 1 aromatic rings. The molecule has 0 aliphatic carbocycles. The van der Waals surface area contributed by atoms with E-state index < -0.39 is 11.9 Å². The molecule has 0 spiro atoms. The van der Waals surface area contributed by atoms with Crippen molar-refractivity contribution in [3.8, 4) is 0 Å². The Morgan fingerprint density at radius 2 is 1.86 bits per heavy atom. The molecule has 0 aliphatic heterocycles. The molecule has 74 valence electrons. The number of benzene rings is 1. The first-order chi connectivity index (χ1) is 6.63. The minimum absolute atomic E-state index is 0.545. The SMILES string of the molecule is COC(=O)C(=O)Nc1ccc(Br)cc1. The van der Waals surface area contributed by atoms with Gasteiger partial charge >= 0.3 is 11.9 Å². The lowest BCUT2D eigenvalue weighted by Crippen LogP contribution is -2.23. The third kappa shape index (κ3) is 2.85. The number of halogens is 1. The number of ether oxygens (including phenoxy) is 1. The molecule has 0 aromatic heterocycles. The number of hydrogen-bond donors (Lipinski definition) is 1. The Labute approximate surface area is 89.4 Å². The molecule has 0 unspecified atom stereocenters. The first-order valence-corrected chi connectivity index (χ1v) is 4.57. The van der Waals surface area contributed by atoms with Crippen LogP contribution in [0, 0.1) is 0 Å². The van der Waals surface area contributed by atoms with E-state index in [9.17, 15) is 9.59 Å². The van der Waals surface area contributed by atoms with Crippen molar-refractivity contribution in [2.75, 3.05) is 12.4 Å². The third-order valence-electron chi connectivity index (χ3n) is 1.47. The van der Waals surface area contributed by atoms with Crippen LogP contribution >= 0.6 is 15.9 Å². The summed E-state index contributed by atoms with van der Waals surface area (Å²) in [5.74, 6) is -1.69. The van der Waals surface area contributed by atoms with Crippen LogP contribution in [-0.4, -0.2) is 19.0 Å². The fourth-order valence-corrected chi connectivity index (χ4v) is 1.07. The van der Waals surface area contributed by atoms with Crippen molar-refractivity contribution >= 4 is 33.5 Å². The van der Waals surface area contributed by atoms with Gasteiger partial charge in [0, 0.05) is 10.2 Å². The van der Waals surface area contributed by atoms with Crippen molar-refractivity contribution in [3.05, 3.63) is 28.7 Å². The predicted octanol–water partition coefficient (Wildman–Crippen LogP) is 1.56. The largest absolute Gasteiger partial charge is 0.462 e. The Kier molecular flexibility index (Phi) is 3.64. The van der Waals surface area contributed by atoms with E-state index in [1.54, 1.807) is 24.3 Å². The van der Waals surface area contributed by atoms with Crippen molar-refractivity contribution in [2.24, 2.45) is 0 Å². The number of carbonyl (C=O) groups is 2. The highest BCUT2D eigenvalue weighted by atomic mass is 79.9. The predicted molar refractivity (Wildman–Crippen MR) is 54.8 cm³/mol. The van der Waals surface area contributed by atoms with Crippen LogP contribution in [0.3, 0.4) is 0 Å². The number of anilines is 1. The van der Waals surface area contributed by atoms with E-state index in [0.29, 0.717) is 5.69 Å². The second-order valence-electron chi connectivity index (χ2n) is 2.45. The van der Waals surface area contributed by atoms with E-state index in [-0.39, 0.29) is 0 Å². The molecule has 1 aromatic carbocycles. The van der Waals surface area contributed by atoms with E-state index in [2.05, 4.69) is 26.0 Å². The van der Waals surface area contributed by atoms with Gasteiger partial charge in [0.2, 0.25) is 0 Å². The topological polar surface area (TPSA) is 55.4 Å². The first-order valence-electron chi connectivity index (χ1n) is 3.78. The van der Waals surface area contributed by atoms with Gasteiger partial charge in [0.25, 0.3) is 0 Å². The van der Waals surface area contributed by atoms with Gasteiger partial charge in [-0.3, -0.25) is 4.79 Å². The molecule has 1 rings (SSSR count). The number of rotatable bonds is 1. The number of carbonyl (C=O) groups excluding carboxylic acids is 2. The van der Waals surface area contributed by atoms with Gasteiger partial charge < -0.3 is 10.1 Å². The van der Waals surface area contributed by atoms with E-state index in [4.69, 9.17) is 0 Å². The zero-order valence-electron chi connectivity index (χ0n) is 7.41. The van der Waals surface area contributed by atoms with Crippen LogP contribution in [-0.2, 0) is 14.3 Å². The van der Waals surface area contributed by atoms with E-state index >= 15 is 0 Å². The molecule has 0 fully saturated rings. The molecule has 0 saturated carbocycles. The highest BCUT2D eigenvalue weighted by molar-refractivity contribution is 9.10. The van der Waals surface area contributed by atoms with E-state index in [1.807, 2.05) is 0 Å². The Bertz CT molecular complexity index is 348. The minimum Gasteiger partial charge on any atom is -0.462 e. The van der Waals surface area contributed by atoms with Gasteiger partial charge in [-0.05, 0) is 24.3 Å². The second kappa shape index (κ2) is 4.76. The van der Waals surface area contributed by atoms with Gasteiger partial charge in [-0.25, -0.2) is 4.79 Å². The van der Waals surface area contributed by atoms with Crippen LogP contribution in [0.2, 0.25) is 0 Å². The zero-order chi connectivity index (χ0) is 10.6. The van der Waals surface area contributed by atoms with E-state index in [0.717, 1.165) is 11.6 Å². The smallest absolute Gasteiger partial charge is 0.396 e. The summed E-state index contributed by atoms with van der Waals surface area (Å²) in [6, 6.07) is 6.86. The molecule has 0 aliphatic rings. The Hall–Kier alpha value is -1.36. The summed E-state index contributed by atoms with van der Waals surface area (Å²) in [6.45, 7) is 0. The number of nitrogens with one attached hydrogen (secondary N) is 1. The van der Waals surface area contributed by atoms with Gasteiger partial charge in [0.1, 0.15) is 0 Å². The van der Waals surface area contributed by atoms with Crippen LogP contribution in [0.4, 0.5) is 5.69 Å². The monoisotopic (exact) mass is 257 g/mol. The second-order valence-corrected chi connectivity index (χ2v) is 3.37. The Morgan fingerprint density at radius 1 is 1.29 bits per heavy atom. The van der Waals surface area contributed by atoms with Crippen molar-refractivity contribution in [1.82, 2.24) is 0 Å². The normalized spacial score (nSPS) is 9.29. The highest BCUT2D eigenvalue weighted by Gasteiger charge is 2.12. The standard InChI is InChI=1S/C9H8BrNO3/c1-14-9(13)8(12)11-7-4-2-6(10)3-5-7/h2-5H,1H3,(H,11,12). The molecule has 0 atom stereocenters. The molecular weight excluding hydrogens is 250 g/mol. The summed E-state index contributed by atoms with van der Waals surface area (Å²) in [6.07, 6.45) is 0. The molecular formula is C9H8BrNO3. The fourth-order valence-electron chi connectivity index (χ4n) is 0.808. The lowest BCUT2D eigenvalue weighted by atomic mass is 10.3. The van der Waals surface area contributed by atoms with Crippen LogP contribution in [0.25, 0.3) is 0 Å². The Balaban J connectivity index is 2.65. The van der Waals surface area contributed by atoms with Crippen molar-refractivity contribution in [2.45, 2.75) is 0 Å². The summed E-state index contributed by atoms with van der Waals surface area (Å²) >= 11 is 3.25. The summed E-state index contributed by atoms with van der Waals surface area (Å²) in [7, 11) is 1.16. The molecule has 1 amide bonds. The lowest BCUT2D eigenvalue weighted by Gasteiger charge is -2.02. The summed E-state index contributed by atoms with van der Waals surface area (Å²) < 4.78 is 5.14. The Morgan fingerprint density at radius 3 is 2.36 bits per heavy atom. The van der Waals surface area contributed by atoms with Gasteiger partial charge in [-0.2, -0.15) is 0 Å². The first kappa shape index (κ1) is 10.7. The molecule has 0 heterocycles. The average Bonchev–Trinajstić information content (AvgIpc) is 2.20. The summed E-state index contributed by atoms with van der Waals surface area (Å²) in [4.78, 5) is 21.8. The average molecular weight is 258 g/mol. The molecule has 0 radical (unpaired) electrons. The van der Waals surface area contributed by atoms with Crippen LogP contribution < -0.4 is 5.32 Å². The van der Waals surface area contributed by atoms with Crippen LogP contribution in [0.15, 0.2) is 28.7 Å². The number of amides is 1. The summed E-state index contributed by atoms with van der Waals surface area (Å²) in [5, 5.41) is 2.39. The molecule has 14 heavy (non-hydrogen) atoms. The maximum absolute atomic E-state index is 11.0. The summed E-state index contributed by atoms with van der Waals surface area (Å²) in [5.41, 5.74) is 0.545. The van der Waals surface area contributed by atoms with Crippen molar-refractivity contribution < 1.29 is 14.3 Å². The van der Waals surface area contributed by atoms with Crippen LogP contribution in [0.5, 0.6) is 0 Å². The third-order valence-corrected chi connectivity index (χ3v) is 2.00.